The Morgan fingerprint density at radius 2 is 2.22 bits per heavy atom. The van der Waals surface area contributed by atoms with Crippen LogP contribution < -0.4 is 4.74 Å². The lowest BCUT2D eigenvalue weighted by Crippen LogP contribution is -2.11. The minimum Gasteiger partial charge on any atom is -0.462 e. The average molecular weight is 276 g/mol. The van der Waals surface area contributed by atoms with Gasteiger partial charge in [-0.05, 0) is 19.1 Å². The Bertz CT molecular complexity index is 500. The van der Waals surface area contributed by atoms with Crippen molar-refractivity contribution < 1.29 is 23.0 Å². The highest BCUT2D eigenvalue weighted by Gasteiger charge is 2.21. The molecule has 4 nitrogen and oxygen atoms in total. The third-order valence-corrected chi connectivity index (χ3v) is 2.18. The van der Waals surface area contributed by atoms with Crippen molar-refractivity contribution in [2.24, 2.45) is 0 Å². The largest absolute Gasteiger partial charge is 0.462 e. The van der Waals surface area contributed by atoms with Crippen molar-refractivity contribution in [3.8, 4) is 11.8 Å². The van der Waals surface area contributed by atoms with E-state index < -0.39 is 18.3 Å². The van der Waals surface area contributed by atoms with Gasteiger partial charge in [0.1, 0.15) is 11.3 Å². The normalized spacial score (nSPS) is 10.0. The quantitative estimate of drug-likeness (QED) is 0.793. The first-order valence-electron chi connectivity index (χ1n) is 4.85. The van der Waals surface area contributed by atoms with Crippen LogP contribution in [-0.4, -0.2) is 19.2 Å². The molecule has 1 aromatic rings. The van der Waals surface area contributed by atoms with E-state index in [1.807, 2.05) is 0 Å². The van der Waals surface area contributed by atoms with Crippen LogP contribution in [0.15, 0.2) is 12.1 Å². The maximum atomic E-state index is 12.2. The van der Waals surface area contributed by atoms with Crippen molar-refractivity contribution in [2.45, 2.75) is 13.5 Å². The summed E-state index contributed by atoms with van der Waals surface area (Å²) in [4.78, 5) is 11.6. The Labute approximate surface area is 107 Å². The number of nitriles is 1. The van der Waals surface area contributed by atoms with E-state index in [1.165, 1.54) is 6.07 Å². The lowest BCUT2D eigenvalue weighted by Gasteiger charge is -2.11. The minimum absolute atomic E-state index is 0.00342. The SMILES string of the molecule is CCOC(=O)c1c(Cl)cc(C#N)cc1OC(F)F. The molecular weight excluding hydrogens is 268 g/mol. The molecule has 1 aromatic carbocycles. The molecule has 96 valence electrons. The van der Waals surface area contributed by atoms with Gasteiger partial charge in [-0.2, -0.15) is 14.0 Å². The molecule has 7 heteroatoms. The number of hydrogen-bond acceptors (Lipinski definition) is 4. The number of hydrogen-bond donors (Lipinski definition) is 0. The molecule has 0 aliphatic carbocycles. The van der Waals surface area contributed by atoms with Gasteiger partial charge in [-0.25, -0.2) is 4.79 Å². The Morgan fingerprint density at radius 3 is 2.72 bits per heavy atom. The molecule has 0 amide bonds. The summed E-state index contributed by atoms with van der Waals surface area (Å²) in [6.07, 6.45) is 0. The van der Waals surface area contributed by atoms with Crippen molar-refractivity contribution in [2.75, 3.05) is 6.61 Å². The summed E-state index contributed by atoms with van der Waals surface area (Å²) in [7, 11) is 0. The smallest absolute Gasteiger partial charge is 0.387 e. The molecule has 0 bridgehead atoms. The minimum atomic E-state index is -3.14. The van der Waals surface area contributed by atoms with Crippen molar-refractivity contribution in [1.29, 1.82) is 5.26 Å². The molecule has 0 radical (unpaired) electrons. The van der Waals surface area contributed by atoms with Gasteiger partial charge in [-0.1, -0.05) is 11.6 Å². The van der Waals surface area contributed by atoms with Crippen LogP contribution in [0.2, 0.25) is 5.02 Å². The highest BCUT2D eigenvalue weighted by atomic mass is 35.5. The number of rotatable bonds is 4. The fourth-order valence-corrected chi connectivity index (χ4v) is 1.52. The number of esters is 1. The van der Waals surface area contributed by atoms with Crippen LogP contribution in [0.5, 0.6) is 5.75 Å². The van der Waals surface area contributed by atoms with Crippen LogP contribution >= 0.6 is 11.6 Å². The lowest BCUT2D eigenvalue weighted by molar-refractivity contribution is -0.0504. The van der Waals surface area contributed by atoms with Crippen molar-refractivity contribution >= 4 is 17.6 Å². The highest BCUT2D eigenvalue weighted by molar-refractivity contribution is 6.34. The standard InChI is InChI=1S/C11H8ClF2NO3/c1-2-17-10(16)9-7(12)3-6(5-15)4-8(9)18-11(13)14/h3-4,11H,2H2,1H3. The molecule has 0 saturated heterocycles. The predicted octanol–water partition coefficient (Wildman–Crippen LogP) is 2.99. The molecule has 0 aliphatic rings. The Hall–Kier alpha value is -1.87. The van der Waals surface area contributed by atoms with Crippen molar-refractivity contribution in [3.05, 3.63) is 28.3 Å². The average Bonchev–Trinajstić information content (AvgIpc) is 2.27. The number of benzene rings is 1. The summed E-state index contributed by atoms with van der Waals surface area (Å²) in [5.74, 6) is -1.37. The number of ether oxygens (including phenoxy) is 2. The molecule has 0 fully saturated rings. The summed E-state index contributed by atoms with van der Waals surface area (Å²) < 4.78 is 33.3. The maximum absolute atomic E-state index is 12.2. The summed E-state index contributed by atoms with van der Waals surface area (Å²) >= 11 is 5.75. The van der Waals surface area contributed by atoms with Gasteiger partial charge < -0.3 is 9.47 Å². The van der Waals surface area contributed by atoms with Crippen LogP contribution in [0, 0.1) is 11.3 Å². The van der Waals surface area contributed by atoms with Crippen molar-refractivity contribution in [1.82, 2.24) is 0 Å². The molecule has 0 heterocycles. The first-order valence-corrected chi connectivity index (χ1v) is 5.23. The zero-order valence-electron chi connectivity index (χ0n) is 9.25. The third-order valence-electron chi connectivity index (χ3n) is 1.88. The fourth-order valence-electron chi connectivity index (χ4n) is 1.24. The van der Waals surface area contributed by atoms with Crippen LogP contribution in [-0.2, 0) is 4.74 Å². The summed E-state index contributed by atoms with van der Waals surface area (Å²) in [6, 6.07) is 3.90. The molecular formula is C11H8ClF2NO3. The molecule has 1 rings (SSSR count). The first kappa shape index (κ1) is 14.2. The number of alkyl halides is 2. The Balaban J connectivity index is 3.29. The molecule has 0 saturated carbocycles. The number of carbonyl (C=O) groups excluding carboxylic acids is 1. The van der Waals surface area contributed by atoms with Gasteiger partial charge in [0.05, 0.1) is 23.3 Å². The molecule has 0 unspecified atom stereocenters. The third kappa shape index (κ3) is 3.31. The number of nitrogens with zero attached hydrogens (tertiary/aromatic N) is 1. The van der Waals surface area contributed by atoms with Crippen LogP contribution in [0.3, 0.4) is 0 Å². The topological polar surface area (TPSA) is 59.3 Å². The van der Waals surface area contributed by atoms with Crippen LogP contribution in [0.1, 0.15) is 22.8 Å². The Morgan fingerprint density at radius 1 is 1.56 bits per heavy atom. The van der Waals surface area contributed by atoms with E-state index in [1.54, 1.807) is 13.0 Å². The summed E-state index contributed by atoms with van der Waals surface area (Å²) in [5.41, 5.74) is -0.318. The van der Waals surface area contributed by atoms with E-state index >= 15 is 0 Å². The summed E-state index contributed by atoms with van der Waals surface area (Å²) in [5, 5.41) is 8.51. The second-order valence-corrected chi connectivity index (χ2v) is 3.45. The monoisotopic (exact) mass is 275 g/mol. The number of carbonyl (C=O) groups is 1. The second-order valence-electron chi connectivity index (χ2n) is 3.04. The van der Waals surface area contributed by atoms with Crippen LogP contribution in [0.4, 0.5) is 8.78 Å². The zero-order valence-corrected chi connectivity index (χ0v) is 10.0. The zero-order chi connectivity index (χ0) is 13.7. The van der Waals surface area contributed by atoms with E-state index in [2.05, 4.69) is 9.47 Å². The molecule has 0 atom stereocenters. The molecule has 0 aromatic heterocycles. The van der Waals surface area contributed by atoms with Crippen LogP contribution in [0.25, 0.3) is 0 Å². The predicted molar refractivity (Wildman–Crippen MR) is 58.8 cm³/mol. The van der Waals surface area contributed by atoms with Gasteiger partial charge in [0.15, 0.2) is 0 Å². The van der Waals surface area contributed by atoms with E-state index in [0.29, 0.717) is 0 Å². The molecule has 0 N–H and O–H groups in total. The van der Waals surface area contributed by atoms with Gasteiger partial charge in [0, 0.05) is 0 Å². The first-order chi connectivity index (χ1) is 8.49. The highest BCUT2D eigenvalue weighted by Crippen LogP contribution is 2.30. The van der Waals surface area contributed by atoms with Gasteiger partial charge in [0.25, 0.3) is 0 Å². The van der Waals surface area contributed by atoms with Gasteiger partial charge in [-0.15, -0.1) is 0 Å². The molecule has 0 spiro atoms. The van der Waals surface area contributed by atoms with Gasteiger partial charge in [-0.3, -0.25) is 0 Å². The van der Waals surface area contributed by atoms with E-state index in [9.17, 15) is 13.6 Å². The van der Waals surface area contributed by atoms with Gasteiger partial charge in [0.2, 0.25) is 0 Å². The van der Waals surface area contributed by atoms with Crippen molar-refractivity contribution in [3.63, 3.8) is 0 Å². The lowest BCUT2D eigenvalue weighted by atomic mass is 10.1. The number of halogens is 3. The second kappa shape index (κ2) is 6.17. The van der Waals surface area contributed by atoms with Gasteiger partial charge >= 0.3 is 12.6 Å². The van der Waals surface area contributed by atoms with E-state index in [0.717, 1.165) is 6.07 Å². The maximum Gasteiger partial charge on any atom is 0.387 e. The molecule has 0 aliphatic heterocycles. The van der Waals surface area contributed by atoms with E-state index in [-0.39, 0.29) is 22.8 Å². The summed E-state index contributed by atoms with van der Waals surface area (Å²) in [6.45, 7) is -1.52. The molecule has 18 heavy (non-hydrogen) atoms. The fraction of sp³-hybridized carbons (Fsp3) is 0.273. The Kier molecular flexibility index (Phi) is 4.86. The van der Waals surface area contributed by atoms with E-state index in [4.69, 9.17) is 16.9 Å².